The van der Waals surface area contributed by atoms with Gasteiger partial charge in [-0.05, 0) is 103 Å². The molecular weight excluding hydrogens is 675 g/mol. The van der Waals surface area contributed by atoms with Crippen LogP contribution in [0.2, 0.25) is 0 Å². The first-order valence-electron chi connectivity index (χ1n) is 19.5. The lowest BCUT2D eigenvalue weighted by atomic mass is 9.70. The predicted octanol–water partition coefficient (Wildman–Crippen LogP) is 14.1. The summed E-state index contributed by atoms with van der Waals surface area (Å²) < 4.78 is 2.54. The number of aromatic nitrogens is 1. The number of fused-ring (bicyclic) bond motifs is 14. The fraction of sp³-hybridized carbons (Fsp3) is 0.0182. The van der Waals surface area contributed by atoms with Crippen molar-refractivity contribution in [2.24, 2.45) is 0 Å². The highest BCUT2D eigenvalue weighted by molar-refractivity contribution is 6.15. The van der Waals surface area contributed by atoms with Crippen LogP contribution in [-0.4, -0.2) is 4.57 Å². The Balaban J connectivity index is 1.21. The van der Waals surface area contributed by atoms with Gasteiger partial charge in [0.25, 0.3) is 0 Å². The highest BCUT2D eigenvalue weighted by atomic mass is 15.0. The average Bonchev–Trinajstić information content (AvgIpc) is 3.89. The van der Waals surface area contributed by atoms with Gasteiger partial charge in [0.2, 0.25) is 0 Å². The molecule has 2 aliphatic rings. The Kier molecular flexibility index (Phi) is 6.62. The number of nitrogens with zero attached hydrogens (tertiary/aromatic N) is 1. The molecule has 1 aromatic heterocycles. The maximum Gasteiger partial charge on any atom is 0.0746 e. The standard InChI is InChI=1S/C55H35N/c1-4-16-36(17-5-1)38-28-30-41(37-18-6-2-7-19-37)47(34-38)39-29-33-52-48(35-39)46-32-31-45-44-24-12-15-27-51(44)55(53(45)54(46)56(52)40-20-8-3-9-21-40)49-25-13-10-22-42(49)43-23-11-14-26-50(43)55/h1-35H. The number of hydrogen-bond donors (Lipinski definition) is 0. The Morgan fingerprint density at radius 2 is 0.821 bits per heavy atom. The smallest absolute Gasteiger partial charge is 0.0746 e. The zero-order valence-electron chi connectivity index (χ0n) is 30.7. The maximum absolute atomic E-state index is 2.54. The van der Waals surface area contributed by atoms with E-state index in [-0.39, 0.29) is 0 Å². The van der Waals surface area contributed by atoms with Crippen LogP contribution < -0.4 is 0 Å². The molecule has 1 spiro atoms. The minimum absolute atomic E-state index is 0.465. The van der Waals surface area contributed by atoms with E-state index in [0.717, 1.165) is 5.69 Å². The third kappa shape index (κ3) is 4.20. The first-order valence-corrected chi connectivity index (χ1v) is 19.5. The zero-order valence-corrected chi connectivity index (χ0v) is 30.7. The van der Waals surface area contributed by atoms with E-state index in [2.05, 4.69) is 217 Å². The van der Waals surface area contributed by atoms with Crippen molar-refractivity contribution >= 4 is 21.8 Å². The quantitative estimate of drug-likeness (QED) is 0.171. The van der Waals surface area contributed by atoms with Crippen molar-refractivity contribution in [1.29, 1.82) is 0 Å². The minimum atomic E-state index is -0.465. The Morgan fingerprint density at radius 3 is 1.46 bits per heavy atom. The predicted molar refractivity (Wildman–Crippen MR) is 233 cm³/mol. The lowest BCUT2D eigenvalue weighted by Gasteiger charge is -2.31. The van der Waals surface area contributed by atoms with Crippen LogP contribution in [0.5, 0.6) is 0 Å². The SMILES string of the molecule is c1ccc(-c2ccc(-c3ccccc3)c(-c3ccc4c(c3)c3ccc5c(c3n4-c3ccccc3)C3(c4ccccc4-c4ccccc43)c3ccccc3-5)c2)cc1. The largest absolute Gasteiger partial charge is 0.309 e. The van der Waals surface area contributed by atoms with E-state index in [1.165, 1.54) is 99.7 Å². The molecule has 0 radical (unpaired) electrons. The molecular formula is C55H35N. The van der Waals surface area contributed by atoms with Crippen LogP contribution in [-0.2, 0) is 5.41 Å². The van der Waals surface area contributed by atoms with Gasteiger partial charge in [0.1, 0.15) is 0 Å². The fourth-order valence-electron chi connectivity index (χ4n) is 10.2. The summed E-state index contributed by atoms with van der Waals surface area (Å²) in [5.41, 5.74) is 21.2. The number of rotatable bonds is 4. The monoisotopic (exact) mass is 709 g/mol. The molecule has 2 aliphatic carbocycles. The number of benzene rings is 9. The van der Waals surface area contributed by atoms with E-state index in [1.807, 2.05) is 0 Å². The van der Waals surface area contributed by atoms with Crippen LogP contribution in [0.3, 0.4) is 0 Å². The molecule has 0 unspecified atom stereocenters. The molecule has 260 valence electrons. The molecule has 0 amide bonds. The van der Waals surface area contributed by atoms with Gasteiger partial charge in [-0.3, -0.25) is 0 Å². The van der Waals surface area contributed by atoms with Gasteiger partial charge in [0.15, 0.2) is 0 Å². The topological polar surface area (TPSA) is 4.93 Å². The van der Waals surface area contributed by atoms with Gasteiger partial charge in [0.05, 0.1) is 16.4 Å². The molecule has 9 aromatic carbocycles. The molecule has 56 heavy (non-hydrogen) atoms. The molecule has 0 N–H and O–H groups in total. The lowest BCUT2D eigenvalue weighted by Crippen LogP contribution is -2.26. The van der Waals surface area contributed by atoms with Crippen molar-refractivity contribution in [3.05, 3.63) is 235 Å². The second-order valence-corrected chi connectivity index (χ2v) is 15.2. The van der Waals surface area contributed by atoms with Gasteiger partial charge in [-0.25, -0.2) is 0 Å². The summed E-state index contributed by atoms with van der Waals surface area (Å²) in [6.07, 6.45) is 0. The van der Waals surface area contributed by atoms with Gasteiger partial charge < -0.3 is 4.57 Å². The summed E-state index contributed by atoms with van der Waals surface area (Å²) in [4.78, 5) is 0. The van der Waals surface area contributed by atoms with Crippen molar-refractivity contribution < 1.29 is 0 Å². The zero-order chi connectivity index (χ0) is 36.8. The van der Waals surface area contributed by atoms with E-state index in [1.54, 1.807) is 0 Å². The number of para-hydroxylation sites is 1. The summed E-state index contributed by atoms with van der Waals surface area (Å²) in [6.45, 7) is 0. The second kappa shape index (κ2) is 11.9. The van der Waals surface area contributed by atoms with Gasteiger partial charge in [-0.2, -0.15) is 0 Å². The van der Waals surface area contributed by atoms with Gasteiger partial charge >= 0.3 is 0 Å². The molecule has 1 heterocycles. The molecule has 0 fully saturated rings. The van der Waals surface area contributed by atoms with Crippen molar-refractivity contribution in [1.82, 2.24) is 4.57 Å². The van der Waals surface area contributed by atoms with Crippen LogP contribution >= 0.6 is 0 Å². The van der Waals surface area contributed by atoms with E-state index in [4.69, 9.17) is 0 Å². The first-order chi connectivity index (χ1) is 27.8. The van der Waals surface area contributed by atoms with Crippen molar-refractivity contribution in [2.75, 3.05) is 0 Å². The fourth-order valence-corrected chi connectivity index (χ4v) is 10.2. The van der Waals surface area contributed by atoms with Crippen LogP contribution in [0.4, 0.5) is 0 Å². The second-order valence-electron chi connectivity index (χ2n) is 15.2. The van der Waals surface area contributed by atoms with Gasteiger partial charge in [0, 0.05) is 22.0 Å². The van der Waals surface area contributed by atoms with Crippen LogP contribution in [0, 0.1) is 0 Å². The van der Waals surface area contributed by atoms with E-state index >= 15 is 0 Å². The van der Waals surface area contributed by atoms with Crippen LogP contribution in [0.15, 0.2) is 212 Å². The number of hydrogen-bond acceptors (Lipinski definition) is 0. The summed E-state index contributed by atoms with van der Waals surface area (Å²) >= 11 is 0. The van der Waals surface area contributed by atoms with Gasteiger partial charge in [-0.15, -0.1) is 0 Å². The van der Waals surface area contributed by atoms with E-state index in [0.29, 0.717) is 0 Å². The highest BCUT2D eigenvalue weighted by Crippen LogP contribution is 2.64. The van der Waals surface area contributed by atoms with Crippen molar-refractivity contribution in [3.8, 4) is 61.3 Å². The molecule has 1 heteroatoms. The third-order valence-corrected chi connectivity index (χ3v) is 12.4. The summed E-state index contributed by atoms with van der Waals surface area (Å²) in [5.74, 6) is 0. The normalized spacial score (nSPS) is 13.1. The van der Waals surface area contributed by atoms with Crippen LogP contribution in [0.1, 0.15) is 22.3 Å². The average molecular weight is 710 g/mol. The lowest BCUT2D eigenvalue weighted by molar-refractivity contribution is 0.797. The third-order valence-electron chi connectivity index (χ3n) is 12.4. The summed E-state index contributed by atoms with van der Waals surface area (Å²) in [5, 5.41) is 2.51. The van der Waals surface area contributed by atoms with Crippen molar-refractivity contribution in [3.63, 3.8) is 0 Å². The van der Waals surface area contributed by atoms with E-state index < -0.39 is 5.41 Å². The Hall–Kier alpha value is -7.22. The molecule has 0 saturated heterocycles. The molecule has 1 nitrogen and oxygen atoms in total. The Morgan fingerprint density at radius 1 is 0.304 bits per heavy atom. The molecule has 0 atom stereocenters. The molecule has 0 bridgehead atoms. The maximum atomic E-state index is 2.54. The minimum Gasteiger partial charge on any atom is -0.309 e. The molecule has 0 aliphatic heterocycles. The van der Waals surface area contributed by atoms with Crippen LogP contribution in [0.25, 0.3) is 83.1 Å². The Labute approximate surface area is 326 Å². The van der Waals surface area contributed by atoms with Gasteiger partial charge in [-0.1, -0.05) is 182 Å². The van der Waals surface area contributed by atoms with Crippen molar-refractivity contribution in [2.45, 2.75) is 5.41 Å². The highest BCUT2D eigenvalue weighted by Gasteiger charge is 2.53. The summed E-state index contributed by atoms with van der Waals surface area (Å²) in [6, 6.07) is 78.7. The van der Waals surface area contributed by atoms with E-state index in [9.17, 15) is 0 Å². The first kappa shape index (κ1) is 31.2. The summed E-state index contributed by atoms with van der Waals surface area (Å²) in [7, 11) is 0. The molecule has 10 aromatic rings. The molecule has 0 saturated carbocycles. The Bertz CT molecular complexity index is 3110. The molecule has 12 rings (SSSR count).